The van der Waals surface area contributed by atoms with E-state index in [4.69, 9.17) is 28.4 Å². The zero-order valence-corrected chi connectivity index (χ0v) is 44.0. The van der Waals surface area contributed by atoms with Gasteiger partial charge in [-0.3, -0.25) is 24.0 Å². The molecular weight excluding hydrogens is 869 g/mol. The number of carbonyl (C=O) groups is 6. The molecule has 68 heavy (non-hydrogen) atoms. The SMILES string of the molecule is CCC(C)(C)C(=O)OC12CC3(C)CC(CC(C)(C3)C1)OC2=O.CCC(C)(C)C(=O)OC12CC3CC(C(=O)O)(CC(C1)C(=O)CO3)C2.CCC(C)(C)C(=O)OC12CC3CCOC(C)(CC(C)(C3)C1)C2. The maximum atomic E-state index is 12.7. The smallest absolute Gasteiger partial charge is 0.350 e. The minimum absolute atomic E-state index is 0.0153. The van der Waals surface area contributed by atoms with E-state index >= 15 is 0 Å². The summed E-state index contributed by atoms with van der Waals surface area (Å²) < 4.78 is 35.7. The molecule has 6 saturated heterocycles. The van der Waals surface area contributed by atoms with Gasteiger partial charge in [-0.15, -0.1) is 0 Å². The van der Waals surface area contributed by atoms with Crippen LogP contribution in [0.3, 0.4) is 0 Å². The third kappa shape index (κ3) is 10.3. The normalized spacial score (nSPS) is 42.1. The minimum atomic E-state index is -1.07. The first kappa shape index (κ1) is 52.8. The second-order valence-electron chi connectivity index (χ2n) is 27.2. The standard InChI is InChI=1S/C19H32O3.C18H26O6.C18H28O4/c1-6-16(2,3)15(20)22-19-10-14-7-8-21-18(5,13-19)11-17(4,9-14)12-19;1-4-16(2,3)15(22)24-18-6-11-5-17(10-18,14(20)21)7-12(8-18)23-9-13(11)19;1-6-15(2,3)13(19)22-18-10-16(4)7-12(21-14(18)20)8-17(5,9-16)11-18/h14H,6-13H2,1-5H3;11-12H,4-10H2,1-3H3,(H,20,21);12H,6-11H2,1-5H3. The van der Waals surface area contributed by atoms with Crippen molar-refractivity contribution >= 4 is 35.6 Å². The van der Waals surface area contributed by atoms with Gasteiger partial charge in [0.2, 0.25) is 5.60 Å². The molecule has 0 radical (unpaired) electrons. The highest BCUT2D eigenvalue weighted by Gasteiger charge is 2.66. The highest BCUT2D eigenvalue weighted by molar-refractivity contribution is 5.87. The van der Waals surface area contributed by atoms with Crippen LogP contribution in [-0.2, 0) is 57.2 Å². The number of ether oxygens (including phenoxy) is 6. The van der Waals surface area contributed by atoms with E-state index in [2.05, 4.69) is 34.6 Å². The Morgan fingerprint density at radius 1 is 0.603 bits per heavy atom. The van der Waals surface area contributed by atoms with E-state index in [9.17, 15) is 33.9 Å². The van der Waals surface area contributed by atoms with Gasteiger partial charge in [0, 0.05) is 44.6 Å². The molecule has 0 aromatic rings. The van der Waals surface area contributed by atoms with Crippen LogP contribution in [0.1, 0.15) is 212 Å². The molecule has 6 aliphatic carbocycles. The summed E-state index contributed by atoms with van der Waals surface area (Å²) >= 11 is 0. The summed E-state index contributed by atoms with van der Waals surface area (Å²) in [7, 11) is 0. The quantitative estimate of drug-likeness (QED) is 0.162. The molecule has 12 fully saturated rings. The Labute approximate surface area is 406 Å². The zero-order chi connectivity index (χ0) is 50.4. The van der Waals surface area contributed by atoms with Gasteiger partial charge >= 0.3 is 29.8 Å². The molecule has 12 bridgehead atoms. The molecule has 13 nitrogen and oxygen atoms in total. The van der Waals surface area contributed by atoms with Gasteiger partial charge < -0.3 is 33.5 Å². The van der Waals surface area contributed by atoms with Crippen molar-refractivity contribution < 1.29 is 62.3 Å². The van der Waals surface area contributed by atoms with E-state index in [-0.39, 0.29) is 82.3 Å². The molecular formula is C55H86O13. The fourth-order valence-electron chi connectivity index (χ4n) is 15.1. The third-order valence-corrected chi connectivity index (χ3v) is 18.7. The summed E-state index contributed by atoms with van der Waals surface area (Å²) in [4.78, 5) is 75.0. The Kier molecular flexibility index (Phi) is 13.7. The number of Topliss-reactive ketones (excluding diaryl/α,β-unsaturated/α-hetero) is 1. The summed E-state index contributed by atoms with van der Waals surface area (Å²) in [6, 6.07) is 0. The van der Waals surface area contributed by atoms with Crippen LogP contribution in [0, 0.1) is 49.7 Å². The molecule has 12 rings (SSSR count). The lowest BCUT2D eigenvalue weighted by molar-refractivity contribution is -0.232. The van der Waals surface area contributed by atoms with Crippen molar-refractivity contribution in [2.45, 2.75) is 247 Å². The Morgan fingerprint density at radius 2 is 1.15 bits per heavy atom. The van der Waals surface area contributed by atoms with Gasteiger partial charge in [0.05, 0.1) is 33.4 Å². The number of carboxylic acids is 1. The summed E-state index contributed by atoms with van der Waals surface area (Å²) in [5.74, 6) is -1.69. The van der Waals surface area contributed by atoms with Gasteiger partial charge in [0.15, 0.2) is 5.78 Å². The number of esters is 4. The fourth-order valence-corrected chi connectivity index (χ4v) is 15.1. The van der Waals surface area contributed by atoms with E-state index in [1.54, 1.807) is 0 Å². The zero-order valence-electron chi connectivity index (χ0n) is 44.0. The molecule has 10 unspecified atom stereocenters. The molecule has 384 valence electrons. The Balaban J connectivity index is 0.000000151. The van der Waals surface area contributed by atoms with E-state index in [1.807, 2.05) is 55.4 Å². The molecule has 13 heteroatoms. The van der Waals surface area contributed by atoms with Crippen molar-refractivity contribution in [1.29, 1.82) is 0 Å². The van der Waals surface area contributed by atoms with Crippen LogP contribution in [0.15, 0.2) is 0 Å². The van der Waals surface area contributed by atoms with Crippen LogP contribution in [0.25, 0.3) is 0 Å². The second-order valence-corrected chi connectivity index (χ2v) is 27.2. The largest absolute Gasteiger partial charge is 0.481 e. The van der Waals surface area contributed by atoms with Gasteiger partial charge in [0.1, 0.15) is 23.9 Å². The van der Waals surface area contributed by atoms with Gasteiger partial charge in [0.25, 0.3) is 0 Å². The number of hydrogen-bond acceptors (Lipinski definition) is 12. The van der Waals surface area contributed by atoms with Crippen LogP contribution < -0.4 is 0 Å². The average Bonchev–Trinajstić information content (AvgIpc) is 3.32. The maximum absolute atomic E-state index is 12.7. The first-order valence-corrected chi connectivity index (χ1v) is 26.2. The maximum Gasteiger partial charge on any atom is 0.350 e. The molecule has 10 atom stereocenters. The number of aliphatic carboxylic acids is 1. The molecule has 6 aliphatic heterocycles. The highest BCUT2D eigenvalue weighted by atomic mass is 16.6. The summed E-state index contributed by atoms with van der Waals surface area (Å²) in [6.07, 6.45) is 14.2. The van der Waals surface area contributed by atoms with Gasteiger partial charge in [-0.05, 0) is 161 Å². The third-order valence-electron chi connectivity index (χ3n) is 18.7. The minimum Gasteiger partial charge on any atom is -0.481 e. The summed E-state index contributed by atoms with van der Waals surface area (Å²) in [5.41, 5.74) is -4.71. The van der Waals surface area contributed by atoms with Crippen LogP contribution in [-0.4, -0.2) is 88.6 Å². The lowest BCUT2D eigenvalue weighted by Gasteiger charge is -2.60. The van der Waals surface area contributed by atoms with Gasteiger partial charge in [-0.2, -0.15) is 0 Å². The van der Waals surface area contributed by atoms with Crippen LogP contribution >= 0.6 is 0 Å². The van der Waals surface area contributed by atoms with Crippen molar-refractivity contribution in [3.8, 4) is 0 Å². The van der Waals surface area contributed by atoms with E-state index in [0.717, 1.165) is 64.4 Å². The fraction of sp³-hybridized carbons (Fsp3) is 0.891. The topological polar surface area (TPSA) is 178 Å². The molecule has 0 aromatic carbocycles. The molecule has 0 amide bonds. The molecule has 0 aromatic heterocycles. The lowest BCUT2D eigenvalue weighted by atomic mass is 9.52. The number of carbonyl (C=O) groups excluding carboxylic acids is 5. The molecule has 0 spiro atoms. The monoisotopic (exact) mass is 955 g/mol. The molecule has 6 saturated carbocycles. The van der Waals surface area contributed by atoms with Crippen molar-refractivity contribution in [3.63, 3.8) is 0 Å². The Morgan fingerprint density at radius 3 is 1.71 bits per heavy atom. The first-order chi connectivity index (χ1) is 31.2. The number of carboxylic acid groups (broad SMARTS) is 1. The lowest BCUT2D eigenvalue weighted by Crippen LogP contribution is -2.61. The Bertz CT molecular complexity index is 2000. The van der Waals surface area contributed by atoms with Gasteiger partial charge in [-0.25, -0.2) is 4.79 Å². The number of hydrogen-bond donors (Lipinski definition) is 1. The molecule has 1 N–H and O–H groups in total. The number of fused-ring (bicyclic) bond motifs is 5. The number of ketones is 1. The van der Waals surface area contributed by atoms with Crippen molar-refractivity contribution in [3.05, 3.63) is 0 Å². The summed E-state index contributed by atoms with van der Waals surface area (Å²) in [5, 5.41) is 9.83. The van der Waals surface area contributed by atoms with E-state index in [1.165, 1.54) is 6.42 Å². The van der Waals surface area contributed by atoms with Crippen LogP contribution in [0.5, 0.6) is 0 Å². The predicted molar refractivity (Wildman–Crippen MR) is 253 cm³/mol. The van der Waals surface area contributed by atoms with E-state index in [0.29, 0.717) is 57.3 Å². The average molecular weight is 955 g/mol. The van der Waals surface area contributed by atoms with Crippen molar-refractivity contribution in [2.24, 2.45) is 49.7 Å². The Hall–Kier alpha value is -3.06. The molecule has 6 heterocycles. The van der Waals surface area contributed by atoms with Crippen molar-refractivity contribution in [2.75, 3.05) is 13.2 Å². The van der Waals surface area contributed by atoms with Crippen LogP contribution in [0.2, 0.25) is 0 Å². The predicted octanol–water partition coefficient (Wildman–Crippen LogP) is 10.4. The van der Waals surface area contributed by atoms with Crippen molar-refractivity contribution in [1.82, 2.24) is 0 Å². The number of rotatable bonds is 10. The molecule has 12 aliphatic rings. The highest BCUT2D eigenvalue weighted by Crippen LogP contribution is 2.63. The van der Waals surface area contributed by atoms with E-state index < -0.39 is 44.7 Å². The second kappa shape index (κ2) is 17.6. The van der Waals surface area contributed by atoms with Gasteiger partial charge in [-0.1, -0.05) is 41.5 Å². The van der Waals surface area contributed by atoms with Crippen LogP contribution in [0.4, 0.5) is 0 Å². The first-order valence-electron chi connectivity index (χ1n) is 26.2. The summed E-state index contributed by atoms with van der Waals surface area (Å²) in [6.45, 7) is 27.3.